The molecule has 3 aromatic rings. The molecule has 2 unspecified atom stereocenters. The molecule has 4 rings (SSSR count). The number of hydrogen-bond acceptors (Lipinski definition) is 5. The zero-order chi connectivity index (χ0) is 18.1. The Kier molecular flexibility index (Phi) is 5.07. The highest BCUT2D eigenvalue weighted by Gasteiger charge is 2.29. The fourth-order valence-corrected chi connectivity index (χ4v) is 5.58. The molecule has 0 saturated carbocycles. The Hall–Kier alpha value is -1.76. The largest absolute Gasteiger partial charge is 0.393 e. The minimum absolute atomic E-state index is 0.0905. The molecule has 2 atom stereocenters. The van der Waals surface area contributed by atoms with Crippen molar-refractivity contribution < 1.29 is 9.90 Å². The van der Waals surface area contributed by atoms with Crippen LogP contribution in [0.3, 0.4) is 0 Å². The molecule has 0 spiro atoms. The second-order valence-electron chi connectivity index (χ2n) is 6.88. The number of thiophene rings is 1. The molecule has 1 aliphatic heterocycles. The van der Waals surface area contributed by atoms with E-state index in [0.29, 0.717) is 6.42 Å². The third-order valence-corrected chi connectivity index (χ3v) is 7.10. The first-order valence-corrected chi connectivity index (χ1v) is 10.7. The van der Waals surface area contributed by atoms with Crippen molar-refractivity contribution in [2.45, 2.75) is 44.8 Å². The molecule has 2 aromatic heterocycles. The van der Waals surface area contributed by atoms with E-state index < -0.39 is 0 Å². The zero-order valence-electron chi connectivity index (χ0n) is 14.7. The van der Waals surface area contributed by atoms with E-state index in [9.17, 15) is 9.90 Å². The predicted molar refractivity (Wildman–Crippen MR) is 108 cm³/mol. The summed E-state index contributed by atoms with van der Waals surface area (Å²) in [7, 11) is 0. The van der Waals surface area contributed by atoms with Gasteiger partial charge >= 0.3 is 0 Å². The van der Waals surface area contributed by atoms with Gasteiger partial charge < -0.3 is 10.0 Å². The molecule has 6 heteroatoms. The van der Waals surface area contributed by atoms with E-state index in [4.69, 9.17) is 4.98 Å². The van der Waals surface area contributed by atoms with Crippen LogP contribution in [0.5, 0.6) is 0 Å². The molecule has 0 bridgehead atoms. The first kappa shape index (κ1) is 17.6. The van der Waals surface area contributed by atoms with E-state index in [2.05, 4.69) is 6.07 Å². The number of para-hydroxylation sites is 1. The number of likely N-dealkylation sites (tertiary alicyclic amines) is 1. The van der Waals surface area contributed by atoms with Crippen molar-refractivity contribution >= 4 is 38.8 Å². The summed E-state index contributed by atoms with van der Waals surface area (Å²) in [6.07, 6.45) is 3.42. The van der Waals surface area contributed by atoms with Gasteiger partial charge in [-0.3, -0.25) is 4.79 Å². The van der Waals surface area contributed by atoms with E-state index >= 15 is 0 Å². The number of fused-ring (bicyclic) bond motifs is 1. The summed E-state index contributed by atoms with van der Waals surface area (Å²) in [6.45, 7) is 2.58. The highest BCUT2D eigenvalue weighted by molar-refractivity contribution is 7.26. The molecule has 136 valence electrons. The number of rotatable bonds is 4. The van der Waals surface area contributed by atoms with Gasteiger partial charge in [0.05, 0.1) is 26.1 Å². The van der Waals surface area contributed by atoms with E-state index in [1.54, 1.807) is 18.3 Å². The van der Waals surface area contributed by atoms with E-state index in [-0.39, 0.29) is 18.1 Å². The third kappa shape index (κ3) is 3.54. The van der Waals surface area contributed by atoms with Gasteiger partial charge in [-0.05, 0) is 56.9 Å². The average molecular weight is 387 g/mol. The van der Waals surface area contributed by atoms with Crippen LogP contribution in [0, 0.1) is 0 Å². The number of carbonyl (C=O) groups is 1. The van der Waals surface area contributed by atoms with Crippen molar-refractivity contribution in [1.82, 2.24) is 9.88 Å². The van der Waals surface area contributed by atoms with Crippen LogP contribution < -0.4 is 0 Å². The van der Waals surface area contributed by atoms with Crippen molar-refractivity contribution in [1.29, 1.82) is 0 Å². The average Bonchev–Trinajstić information content (AvgIpc) is 3.28. The van der Waals surface area contributed by atoms with Crippen LogP contribution >= 0.6 is 22.7 Å². The number of benzene rings is 1. The number of nitrogens with zero attached hydrogens (tertiary/aromatic N) is 2. The monoisotopic (exact) mass is 386 g/mol. The zero-order valence-corrected chi connectivity index (χ0v) is 16.4. The van der Waals surface area contributed by atoms with E-state index in [1.807, 2.05) is 35.2 Å². The van der Waals surface area contributed by atoms with Gasteiger partial charge in [0, 0.05) is 12.6 Å². The lowest BCUT2D eigenvalue weighted by molar-refractivity contribution is 0.0519. The van der Waals surface area contributed by atoms with Gasteiger partial charge in [-0.15, -0.1) is 22.7 Å². The Balaban J connectivity index is 1.57. The van der Waals surface area contributed by atoms with Crippen LogP contribution in [0.15, 0.2) is 36.4 Å². The summed E-state index contributed by atoms with van der Waals surface area (Å²) in [5.41, 5.74) is 1.00. The maximum atomic E-state index is 13.0. The van der Waals surface area contributed by atoms with Gasteiger partial charge in [0.1, 0.15) is 5.01 Å². The van der Waals surface area contributed by atoms with Gasteiger partial charge in [0.15, 0.2) is 0 Å². The molecule has 1 amide bonds. The Morgan fingerprint density at radius 3 is 2.92 bits per heavy atom. The first-order chi connectivity index (χ1) is 12.6. The fourth-order valence-electron chi connectivity index (χ4n) is 3.59. The highest BCUT2D eigenvalue weighted by atomic mass is 32.1. The maximum absolute atomic E-state index is 13.0. The lowest BCUT2D eigenvalue weighted by Gasteiger charge is -2.36. The standard InChI is InChI=1S/C20H22N2O2S2/c1-13(23)12-14-6-4-5-11-22(14)20(24)18-10-9-17(25-18)19-21-15-7-2-3-8-16(15)26-19/h2-3,7-10,13-14,23H,4-6,11-12H2,1H3. The number of amides is 1. The molecule has 0 aliphatic carbocycles. The van der Waals surface area contributed by atoms with Crippen LogP contribution in [0.1, 0.15) is 42.3 Å². The minimum Gasteiger partial charge on any atom is -0.393 e. The molecule has 26 heavy (non-hydrogen) atoms. The van der Waals surface area contributed by atoms with Gasteiger partial charge in [0.25, 0.3) is 5.91 Å². The maximum Gasteiger partial charge on any atom is 0.264 e. The Morgan fingerprint density at radius 1 is 1.27 bits per heavy atom. The Morgan fingerprint density at radius 2 is 2.12 bits per heavy atom. The number of hydrogen-bond donors (Lipinski definition) is 1. The number of aliphatic hydroxyl groups excluding tert-OH is 1. The van der Waals surface area contributed by atoms with Gasteiger partial charge in [0.2, 0.25) is 0 Å². The second kappa shape index (κ2) is 7.47. The van der Waals surface area contributed by atoms with Crippen LogP contribution in [0.25, 0.3) is 20.1 Å². The fraction of sp³-hybridized carbons (Fsp3) is 0.400. The van der Waals surface area contributed by atoms with Gasteiger partial charge in [-0.25, -0.2) is 4.98 Å². The summed E-state index contributed by atoms with van der Waals surface area (Å²) in [4.78, 5) is 21.5. The number of thiazole rings is 1. The number of aromatic nitrogens is 1. The van der Waals surface area contributed by atoms with Crippen LogP contribution in [0.4, 0.5) is 0 Å². The molecule has 1 fully saturated rings. The van der Waals surface area contributed by atoms with Crippen molar-refractivity contribution in [3.63, 3.8) is 0 Å². The quantitative estimate of drug-likeness (QED) is 0.701. The van der Waals surface area contributed by atoms with Crippen molar-refractivity contribution in [3.05, 3.63) is 41.3 Å². The molecule has 1 aliphatic rings. The lowest BCUT2D eigenvalue weighted by Crippen LogP contribution is -2.44. The van der Waals surface area contributed by atoms with Crippen molar-refractivity contribution in [2.24, 2.45) is 0 Å². The van der Waals surface area contributed by atoms with Gasteiger partial charge in [-0.2, -0.15) is 0 Å². The van der Waals surface area contributed by atoms with Crippen LogP contribution in [-0.4, -0.2) is 39.6 Å². The summed E-state index contributed by atoms with van der Waals surface area (Å²) in [6, 6.07) is 12.2. The number of aliphatic hydroxyl groups is 1. The number of carbonyl (C=O) groups excluding carboxylic acids is 1. The molecule has 1 N–H and O–H groups in total. The summed E-state index contributed by atoms with van der Waals surface area (Å²) in [5.74, 6) is 0.0905. The summed E-state index contributed by atoms with van der Waals surface area (Å²) in [5, 5.41) is 10.7. The van der Waals surface area contributed by atoms with Crippen LogP contribution in [0.2, 0.25) is 0 Å². The molecular formula is C20H22N2O2S2. The Bertz CT molecular complexity index is 882. The second-order valence-corrected chi connectivity index (χ2v) is 9.00. The molecule has 3 heterocycles. The topological polar surface area (TPSA) is 53.4 Å². The summed E-state index contributed by atoms with van der Waals surface area (Å²) >= 11 is 3.18. The first-order valence-electron chi connectivity index (χ1n) is 9.06. The van der Waals surface area contributed by atoms with Crippen molar-refractivity contribution in [3.8, 4) is 9.88 Å². The predicted octanol–water partition coefficient (Wildman–Crippen LogP) is 4.79. The normalized spacial score (nSPS) is 19.0. The molecule has 1 saturated heterocycles. The molecule has 4 nitrogen and oxygen atoms in total. The third-order valence-electron chi connectivity index (χ3n) is 4.82. The van der Waals surface area contributed by atoms with Crippen molar-refractivity contribution in [2.75, 3.05) is 6.54 Å². The van der Waals surface area contributed by atoms with Gasteiger partial charge in [-0.1, -0.05) is 12.1 Å². The Labute approximate surface area is 161 Å². The summed E-state index contributed by atoms with van der Waals surface area (Å²) < 4.78 is 1.16. The highest BCUT2D eigenvalue weighted by Crippen LogP contribution is 2.35. The number of piperidine rings is 1. The van der Waals surface area contributed by atoms with E-state index in [1.165, 1.54) is 11.3 Å². The molecular weight excluding hydrogens is 364 g/mol. The SMILES string of the molecule is CC(O)CC1CCCCN1C(=O)c1ccc(-c2nc3ccccc3s2)s1. The van der Waals surface area contributed by atoms with Crippen LogP contribution in [-0.2, 0) is 0 Å². The van der Waals surface area contributed by atoms with E-state index in [0.717, 1.165) is 50.8 Å². The smallest absolute Gasteiger partial charge is 0.264 e. The minimum atomic E-state index is -0.380. The molecule has 1 aromatic carbocycles. The lowest BCUT2D eigenvalue weighted by atomic mass is 9.97. The molecule has 0 radical (unpaired) electrons.